The van der Waals surface area contributed by atoms with Crippen molar-refractivity contribution in [2.75, 3.05) is 0 Å². The van der Waals surface area contributed by atoms with Crippen molar-refractivity contribution in [2.24, 2.45) is 0 Å². The number of aryl methyl sites for hydroxylation is 1. The first-order valence-corrected chi connectivity index (χ1v) is 11.9. The van der Waals surface area contributed by atoms with Crippen molar-refractivity contribution in [1.29, 1.82) is 0 Å². The molecule has 0 aliphatic carbocycles. The van der Waals surface area contributed by atoms with Crippen molar-refractivity contribution < 1.29 is 4.43 Å². The van der Waals surface area contributed by atoms with Gasteiger partial charge in [0.25, 0.3) is 8.32 Å². The van der Waals surface area contributed by atoms with Gasteiger partial charge in [0.15, 0.2) is 0 Å². The average Bonchev–Trinajstić information content (AvgIpc) is 2.49. The smallest absolute Gasteiger partial charge is 0.256 e. The van der Waals surface area contributed by atoms with E-state index in [4.69, 9.17) is 4.43 Å². The number of hydrogen-bond donors (Lipinski definition) is 0. The van der Waals surface area contributed by atoms with Crippen LogP contribution < -0.4 is 4.43 Å². The van der Waals surface area contributed by atoms with Crippen LogP contribution in [0.25, 0.3) is 0 Å². The van der Waals surface area contributed by atoms with E-state index in [1.54, 1.807) is 0 Å². The number of hydrogen-bond acceptors (Lipinski definition) is 1. The highest BCUT2D eigenvalue weighted by atomic mass is 28.4. The highest BCUT2D eigenvalue weighted by Gasteiger charge is 2.43. The van der Waals surface area contributed by atoms with Gasteiger partial charge in [0.2, 0.25) is 0 Å². The summed E-state index contributed by atoms with van der Waals surface area (Å²) in [5, 5.41) is 0. The van der Waals surface area contributed by atoms with Crippen LogP contribution in [-0.2, 0) is 0 Å². The Morgan fingerprint density at radius 1 is 0.913 bits per heavy atom. The Balaban J connectivity index is 2.73. The minimum Gasteiger partial charge on any atom is -0.543 e. The second kappa shape index (κ2) is 10.2. The molecule has 0 saturated carbocycles. The standard InChI is InChI=1S/C21H38OSi/c1-7-8-9-10-11-12-16-23(18(2)3,19(4)5)22-21-15-13-14-20(6)17-21/h13-15,17-19H,7-12,16H2,1-6H3. The van der Waals surface area contributed by atoms with Gasteiger partial charge in [0.05, 0.1) is 0 Å². The highest BCUT2D eigenvalue weighted by molar-refractivity contribution is 6.77. The highest BCUT2D eigenvalue weighted by Crippen LogP contribution is 2.39. The van der Waals surface area contributed by atoms with Crippen LogP contribution >= 0.6 is 0 Å². The van der Waals surface area contributed by atoms with E-state index in [2.05, 4.69) is 65.8 Å². The summed E-state index contributed by atoms with van der Waals surface area (Å²) in [6.07, 6.45) is 8.19. The van der Waals surface area contributed by atoms with Gasteiger partial charge in [-0.1, -0.05) is 85.3 Å². The molecule has 1 nitrogen and oxygen atoms in total. The molecular weight excluding hydrogens is 296 g/mol. The van der Waals surface area contributed by atoms with E-state index >= 15 is 0 Å². The third-order valence-electron chi connectivity index (χ3n) is 5.17. The fraction of sp³-hybridized carbons (Fsp3) is 0.714. The molecule has 0 unspecified atom stereocenters. The van der Waals surface area contributed by atoms with E-state index in [0.29, 0.717) is 11.1 Å². The summed E-state index contributed by atoms with van der Waals surface area (Å²) in [4.78, 5) is 0. The SMILES string of the molecule is CCCCCCCC[Si](Oc1cccc(C)c1)(C(C)C)C(C)C. The van der Waals surface area contributed by atoms with Crippen LogP contribution in [0, 0.1) is 6.92 Å². The molecule has 0 amide bonds. The first-order valence-electron chi connectivity index (χ1n) is 9.68. The maximum atomic E-state index is 6.77. The third-order valence-corrected chi connectivity index (χ3v) is 10.8. The lowest BCUT2D eigenvalue weighted by atomic mass is 10.1. The van der Waals surface area contributed by atoms with Gasteiger partial charge in [-0.2, -0.15) is 0 Å². The van der Waals surface area contributed by atoms with Crippen molar-refractivity contribution in [2.45, 2.75) is 97.2 Å². The topological polar surface area (TPSA) is 9.23 Å². The Morgan fingerprint density at radius 2 is 1.52 bits per heavy atom. The van der Waals surface area contributed by atoms with Crippen LogP contribution in [-0.4, -0.2) is 8.32 Å². The maximum Gasteiger partial charge on any atom is 0.256 e. The Morgan fingerprint density at radius 3 is 2.09 bits per heavy atom. The molecule has 132 valence electrons. The monoisotopic (exact) mass is 334 g/mol. The molecule has 1 aromatic rings. The average molecular weight is 335 g/mol. The van der Waals surface area contributed by atoms with Crippen LogP contribution in [0.2, 0.25) is 17.1 Å². The van der Waals surface area contributed by atoms with Crippen molar-refractivity contribution in [3.8, 4) is 5.75 Å². The fourth-order valence-corrected chi connectivity index (χ4v) is 8.04. The third kappa shape index (κ3) is 6.33. The molecule has 0 heterocycles. The van der Waals surface area contributed by atoms with Crippen LogP contribution in [0.1, 0.15) is 78.7 Å². The van der Waals surface area contributed by atoms with Crippen molar-refractivity contribution in [1.82, 2.24) is 0 Å². The lowest BCUT2D eigenvalue weighted by Gasteiger charge is -2.39. The van der Waals surface area contributed by atoms with E-state index in [9.17, 15) is 0 Å². The van der Waals surface area contributed by atoms with Crippen molar-refractivity contribution in [3.05, 3.63) is 29.8 Å². The number of benzene rings is 1. The van der Waals surface area contributed by atoms with Gasteiger partial charge in [-0.25, -0.2) is 0 Å². The summed E-state index contributed by atoms with van der Waals surface area (Å²) in [6, 6.07) is 9.90. The summed E-state index contributed by atoms with van der Waals surface area (Å²) in [5.41, 5.74) is 2.59. The first-order chi connectivity index (χ1) is 10.9. The lowest BCUT2D eigenvalue weighted by molar-refractivity contribution is 0.486. The Kier molecular flexibility index (Phi) is 8.97. The Labute approximate surface area is 146 Å². The van der Waals surface area contributed by atoms with Crippen molar-refractivity contribution >= 4 is 8.32 Å². The molecular formula is C21H38OSi. The van der Waals surface area contributed by atoms with Gasteiger partial charge in [-0.3, -0.25) is 0 Å². The van der Waals surface area contributed by atoms with Crippen molar-refractivity contribution in [3.63, 3.8) is 0 Å². The molecule has 0 saturated heterocycles. The molecule has 0 aliphatic heterocycles. The van der Waals surface area contributed by atoms with Gasteiger partial charge >= 0.3 is 0 Å². The van der Waals surface area contributed by atoms with E-state index in [1.807, 2.05) is 0 Å². The minimum atomic E-state index is -1.78. The molecule has 1 aromatic carbocycles. The van der Waals surface area contributed by atoms with E-state index < -0.39 is 8.32 Å². The molecule has 2 heteroatoms. The van der Waals surface area contributed by atoms with Crippen LogP contribution in [0.15, 0.2) is 24.3 Å². The molecule has 0 N–H and O–H groups in total. The first kappa shape index (κ1) is 20.3. The van der Waals surface area contributed by atoms with Gasteiger partial charge in [0, 0.05) is 0 Å². The van der Waals surface area contributed by atoms with Gasteiger partial charge in [0.1, 0.15) is 5.75 Å². The summed E-state index contributed by atoms with van der Waals surface area (Å²) in [7, 11) is -1.78. The van der Waals surface area contributed by atoms with Crippen LogP contribution in [0.5, 0.6) is 5.75 Å². The molecule has 0 aliphatic rings. The molecule has 1 rings (SSSR count). The Bertz CT molecular complexity index is 431. The molecule has 0 bridgehead atoms. The zero-order chi connectivity index (χ0) is 17.3. The molecule has 0 aromatic heterocycles. The van der Waals surface area contributed by atoms with Crippen LogP contribution in [0.3, 0.4) is 0 Å². The largest absolute Gasteiger partial charge is 0.543 e. The fourth-order valence-electron chi connectivity index (χ4n) is 3.61. The summed E-state index contributed by atoms with van der Waals surface area (Å²) in [5.74, 6) is 1.09. The summed E-state index contributed by atoms with van der Waals surface area (Å²) >= 11 is 0. The molecule has 0 fully saturated rings. The normalized spacial score (nSPS) is 12.2. The second-order valence-corrected chi connectivity index (χ2v) is 12.6. The zero-order valence-electron chi connectivity index (χ0n) is 16.3. The molecule has 23 heavy (non-hydrogen) atoms. The van der Waals surface area contributed by atoms with Gasteiger partial charge < -0.3 is 4.43 Å². The zero-order valence-corrected chi connectivity index (χ0v) is 17.3. The predicted molar refractivity (Wildman–Crippen MR) is 106 cm³/mol. The molecule has 0 atom stereocenters. The number of rotatable bonds is 11. The maximum absolute atomic E-state index is 6.77. The quantitative estimate of drug-likeness (QED) is 0.301. The summed E-state index contributed by atoms with van der Waals surface area (Å²) < 4.78 is 6.77. The minimum absolute atomic E-state index is 0.652. The lowest BCUT2D eigenvalue weighted by Crippen LogP contribution is -2.47. The van der Waals surface area contributed by atoms with E-state index in [0.717, 1.165) is 5.75 Å². The van der Waals surface area contributed by atoms with E-state index in [-0.39, 0.29) is 0 Å². The van der Waals surface area contributed by atoms with Gasteiger partial charge in [-0.05, 0) is 41.7 Å². The Hall–Kier alpha value is -0.763. The second-order valence-electron chi connectivity index (χ2n) is 7.70. The predicted octanol–water partition coefficient (Wildman–Crippen LogP) is 7.50. The van der Waals surface area contributed by atoms with Crippen LogP contribution in [0.4, 0.5) is 0 Å². The number of unbranched alkanes of at least 4 members (excludes halogenated alkanes) is 5. The van der Waals surface area contributed by atoms with Gasteiger partial charge in [-0.15, -0.1) is 0 Å². The summed E-state index contributed by atoms with van der Waals surface area (Å²) in [6.45, 7) is 13.9. The molecule has 0 radical (unpaired) electrons. The van der Waals surface area contributed by atoms with E-state index in [1.165, 1.54) is 50.1 Å². The molecule has 0 spiro atoms.